The molecule has 15 nitrogen and oxygen atoms in total. The zero-order valence-electron chi connectivity index (χ0n) is 38.1. The molecule has 354 valence electrons. The van der Waals surface area contributed by atoms with Crippen LogP contribution in [-0.2, 0) is 14.8 Å². The monoisotopic (exact) mass is 950 g/mol. The summed E-state index contributed by atoms with van der Waals surface area (Å²) in [4.78, 5) is 38.2. The number of H-pyrrole nitrogens is 1. The van der Waals surface area contributed by atoms with Gasteiger partial charge in [-0.25, -0.2) is 18.1 Å². The Morgan fingerprint density at radius 1 is 1.03 bits per heavy atom. The summed E-state index contributed by atoms with van der Waals surface area (Å²) in [7, 11) is -4.65. The average molecular weight is 951 g/mol. The fraction of sp³-hybridized carbons (Fsp3) is 0.480. The standard InChI is InChI=1S/C50H58N6O9S2/c1-31(2)38-6-4-5-7-39(38)42-29-63-21-20-55(42)35-26-50(27-35)15-18-54(19-16-50)34-8-9-40(43(23-34)65-36-22-33-12-17-51-47(33)52-28-36)48(57)53-67(61,62)37-24-41(56(59)60)46-44(25-37)64-30-45(66-46)32-10-13-49(3,58)14-11-32/h4-9,12,17,22-25,28,31-32,35,42,45,58H,10-11,13-16,18-21,26-27,29-30H2,1-3H3,(H,51,52)(H,53,57)/t32-,42-,45-,49-/m1/s1. The molecule has 1 amide bonds. The van der Waals surface area contributed by atoms with Crippen molar-refractivity contribution >= 4 is 50.1 Å². The Morgan fingerprint density at radius 3 is 2.57 bits per heavy atom. The van der Waals surface area contributed by atoms with Gasteiger partial charge in [0.25, 0.3) is 21.6 Å². The molecule has 3 aromatic carbocycles. The van der Waals surface area contributed by atoms with Crippen LogP contribution in [0.2, 0.25) is 0 Å². The van der Waals surface area contributed by atoms with Crippen molar-refractivity contribution in [2.45, 2.75) is 111 Å². The van der Waals surface area contributed by atoms with Crippen molar-refractivity contribution in [1.82, 2.24) is 19.6 Å². The fourth-order valence-electron chi connectivity index (χ4n) is 11.1. The van der Waals surface area contributed by atoms with Crippen LogP contribution >= 0.6 is 11.8 Å². The molecule has 1 spiro atoms. The Bertz CT molecular complexity index is 2790. The smallest absolute Gasteiger partial charge is 0.288 e. The van der Waals surface area contributed by atoms with Crippen molar-refractivity contribution in [3.05, 3.63) is 106 Å². The predicted molar refractivity (Wildman–Crippen MR) is 256 cm³/mol. The second kappa shape index (κ2) is 18.0. The predicted octanol–water partition coefficient (Wildman–Crippen LogP) is 9.12. The number of pyridine rings is 1. The zero-order chi connectivity index (χ0) is 46.7. The maximum atomic E-state index is 14.1. The third-order valence-corrected chi connectivity index (χ3v) is 17.8. The molecule has 0 bridgehead atoms. The van der Waals surface area contributed by atoms with Crippen molar-refractivity contribution in [2.75, 3.05) is 44.4 Å². The molecule has 10 rings (SSSR count). The number of aliphatic hydroxyl groups is 1. The molecule has 4 fully saturated rings. The maximum Gasteiger partial charge on any atom is 0.288 e. The van der Waals surface area contributed by atoms with Gasteiger partial charge in [-0.05, 0) is 111 Å². The summed E-state index contributed by atoms with van der Waals surface area (Å²) in [5, 5.41) is 23.6. The number of nitrogens with one attached hydrogen (secondary N) is 2. The highest BCUT2D eigenvalue weighted by Gasteiger charge is 2.50. The first-order chi connectivity index (χ1) is 32.1. The number of nitro benzene ring substituents is 1. The number of hydrogen-bond donors (Lipinski definition) is 3. The molecular weight excluding hydrogens is 893 g/mol. The summed E-state index contributed by atoms with van der Waals surface area (Å²) < 4.78 is 48.6. The minimum absolute atomic E-state index is 0.0375. The molecule has 5 aliphatic rings. The van der Waals surface area contributed by atoms with E-state index >= 15 is 0 Å². The topological polar surface area (TPSA) is 189 Å². The molecule has 67 heavy (non-hydrogen) atoms. The fourth-order valence-corrected chi connectivity index (χ4v) is 13.5. The van der Waals surface area contributed by atoms with Crippen LogP contribution in [0.25, 0.3) is 11.0 Å². The lowest BCUT2D eigenvalue weighted by Crippen LogP contribution is -2.58. The van der Waals surface area contributed by atoms with E-state index in [-0.39, 0.29) is 51.2 Å². The number of amides is 1. The van der Waals surface area contributed by atoms with Crippen LogP contribution in [0.15, 0.2) is 88.9 Å². The highest BCUT2D eigenvalue weighted by molar-refractivity contribution is 8.00. The second-order valence-corrected chi connectivity index (χ2v) is 22.7. The number of nitro groups is 1. The average Bonchev–Trinajstić information content (AvgIpc) is 3.78. The van der Waals surface area contributed by atoms with Crippen LogP contribution < -0.4 is 19.1 Å². The lowest BCUT2D eigenvalue weighted by atomic mass is 9.59. The molecule has 2 saturated heterocycles. The molecule has 3 N–H and O–H groups in total. The minimum Gasteiger partial charge on any atom is -0.491 e. The molecule has 2 aromatic heterocycles. The van der Waals surface area contributed by atoms with E-state index in [0.29, 0.717) is 42.8 Å². The van der Waals surface area contributed by atoms with Crippen LogP contribution in [0.5, 0.6) is 17.2 Å². The molecule has 5 heterocycles. The van der Waals surface area contributed by atoms with Gasteiger partial charge in [-0.1, -0.05) is 38.1 Å². The van der Waals surface area contributed by atoms with Crippen molar-refractivity contribution in [3.63, 3.8) is 0 Å². The van der Waals surface area contributed by atoms with Crippen LogP contribution in [0, 0.1) is 21.4 Å². The number of rotatable bonds is 11. The first-order valence-electron chi connectivity index (χ1n) is 23.5. The first-order valence-corrected chi connectivity index (χ1v) is 25.8. The van der Waals surface area contributed by atoms with Gasteiger partial charge < -0.3 is 29.2 Å². The highest BCUT2D eigenvalue weighted by Crippen LogP contribution is 2.54. The summed E-state index contributed by atoms with van der Waals surface area (Å²) in [6.07, 6.45) is 10.4. The maximum absolute atomic E-state index is 14.1. The van der Waals surface area contributed by atoms with Gasteiger partial charge in [-0.3, -0.25) is 19.8 Å². The largest absolute Gasteiger partial charge is 0.491 e. The Kier molecular flexibility index (Phi) is 12.3. The number of piperidine rings is 1. The summed E-state index contributed by atoms with van der Waals surface area (Å²) >= 11 is 1.31. The van der Waals surface area contributed by atoms with Crippen LogP contribution in [0.4, 0.5) is 11.4 Å². The van der Waals surface area contributed by atoms with Gasteiger partial charge in [0.2, 0.25) is 0 Å². The van der Waals surface area contributed by atoms with Gasteiger partial charge in [0.05, 0.1) is 46.4 Å². The molecule has 5 aromatic rings. The lowest BCUT2D eigenvalue weighted by molar-refractivity contribution is -0.388. The number of morpholine rings is 1. The van der Waals surface area contributed by atoms with E-state index in [1.54, 1.807) is 24.4 Å². The molecule has 2 aliphatic carbocycles. The number of sulfonamides is 1. The lowest BCUT2D eigenvalue weighted by Gasteiger charge is -2.57. The van der Waals surface area contributed by atoms with E-state index in [9.17, 15) is 28.4 Å². The SMILES string of the molecule is CC(C)c1ccccc1[C@H]1COCCN1C1CC2(CCN(c3ccc(C(=O)NS(=O)(=O)c4cc5c(c([N+](=O)[O-])c4)S[C@@H]([C@H]4CC[C@](C)(O)CC4)CO5)c(Oc4cnc5[nH]ccc5c4)c3)CC2)C1. The molecule has 2 atom stereocenters. The van der Waals surface area contributed by atoms with E-state index in [4.69, 9.17) is 14.2 Å². The number of anilines is 1. The first kappa shape index (κ1) is 45.6. The third kappa shape index (κ3) is 9.24. The quantitative estimate of drug-likeness (QED) is 0.0841. The van der Waals surface area contributed by atoms with Crippen LogP contribution in [0.1, 0.15) is 106 Å². The van der Waals surface area contributed by atoms with Gasteiger partial charge in [0.15, 0.2) is 0 Å². The second-order valence-electron chi connectivity index (χ2n) is 19.8. The molecule has 0 radical (unpaired) electrons. The number of ether oxygens (including phenoxy) is 3. The van der Waals surface area contributed by atoms with E-state index in [2.05, 4.69) is 62.6 Å². The number of nitrogens with zero attached hydrogens (tertiary/aromatic N) is 4. The van der Waals surface area contributed by atoms with E-state index < -0.39 is 37.0 Å². The van der Waals surface area contributed by atoms with E-state index in [1.807, 2.05) is 19.1 Å². The molecule has 2 saturated carbocycles. The van der Waals surface area contributed by atoms with Gasteiger partial charge >= 0.3 is 0 Å². The van der Waals surface area contributed by atoms with Crippen molar-refractivity contribution in [3.8, 4) is 17.2 Å². The zero-order valence-corrected chi connectivity index (χ0v) is 39.7. The third-order valence-electron chi connectivity index (χ3n) is 15.0. The number of thioether (sulfide) groups is 1. The number of fused-ring (bicyclic) bond motifs is 2. The Morgan fingerprint density at radius 2 is 1.81 bits per heavy atom. The number of carbonyl (C=O) groups excluding carboxylic acids is 1. The van der Waals surface area contributed by atoms with Crippen molar-refractivity contribution in [1.29, 1.82) is 0 Å². The molecular formula is C50H58N6O9S2. The van der Waals surface area contributed by atoms with Gasteiger partial charge in [0.1, 0.15) is 34.4 Å². The summed E-state index contributed by atoms with van der Waals surface area (Å²) in [6, 6.07) is 20.5. The van der Waals surface area contributed by atoms with Crippen LogP contribution in [0.3, 0.4) is 0 Å². The number of aromatic amines is 1. The Labute approximate surface area is 395 Å². The summed E-state index contributed by atoms with van der Waals surface area (Å²) in [5.74, 6) is 0.217. The molecule has 17 heteroatoms. The molecule has 0 unspecified atom stereocenters. The Hall–Kier alpha value is -5.20. The van der Waals surface area contributed by atoms with Gasteiger partial charge in [-0.15, -0.1) is 11.8 Å². The van der Waals surface area contributed by atoms with Crippen LogP contribution in [-0.4, -0.2) is 95.6 Å². The number of hydrogen-bond acceptors (Lipinski definition) is 13. The Balaban J connectivity index is 0.856. The van der Waals surface area contributed by atoms with E-state index in [0.717, 1.165) is 81.9 Å². The van der Waals surface area contributed by atoms with Crippen molar-refractivity contribution < 1.29 is 37.5 Å². The van der Waals surface area contributed by atoms with Crippen molar-refractivity contribution in [2.24, 2.45) is 11.3 Å². The van der Waals surface area contributed by atoms with Gasteiger partial charge in [-0.2, -0.15) is 0 Å². The minimum atomic E-state index is -4.65. The highest BCUT2D eigenvalue weighted by atomic mass is 32.2. The number of carbonyl (C=O) groups is 1. The van der Waals surface area contributed by atoms with E-state index in [1.165, 1.54) is 35.2 Å². The molecule has 3 aliphatic heterocycles. The number of aromatic nitrogens is 2. The summed E-state index contributed by atoms with van der Waals surface area (Å²) in [6.45, 7) is 10.6. The summed E-state index contributed by atoms with van der Waals surface area (Å²) in [5.41, 5.74) is 3.33. The number of benzene rings is 3. The normalized spacial score (nSPS) is 24.5. The van der Waals surface area contributed by atoms with Gasteiger partial charge in [0, 0.05) is 66.4 Å².